The van der Waals surface area contributed by atoms with Crippen molar-refractivity contribution in [3.8, 4) is 0 Å². The summed E-state index contributed by atoms with van der Waals surface area (Å²) in [5, 5.41) is 20.3. The molecule has 3 heteroatoms. The molecule has 0 radical (unpaired) electrons. The Morgan fingerprint density at radius 3 is 1.77 bits per heavy atom. The zero-order valence-corrected chi connectivity index (χ0v) is 28.3. The summed E-state index contributed by atoms with van der Waals surface area (Å²) < 4.78 is 6.25. The third-order valence-electron chi connectivity index (χ3n) is 9.43. The second kappa shape index (κ2) is 13.9. The number of aliphatic hydroxyl groups is 2. The van der Waals surface area contributed by atoms with Crippen molar-refractivity contribution in [3.05, 3.63) is 119 Å². The van der Waals surface area contributed by atoms with Gasteiger partial charge in [0, 0.05) is 17.8 Å². The Morgan fingerprint density at radius 1 is 0.721 bits per heavy atom. The van der Waals surface area contributed by atoms with Gasteiger partial charge in [-0.15, -0.1) is 0 Å². The molecule has 1 saturated carbocycles. The maximum absolute atomic E-state index is 10.2. The minimum absolute atomic E-state index is 0.0547. The smallest absolute Gasteiger partial charge is 0.121 e. The lowest BCUT2D eigenvalue weighted by Crippen LogP contribution is -2.46. The molecule has 0 aromatic rings. The molecule has 234 valence electrons. The van der Waals surface area contributed by atoms with Gasteiger partial charge in [-0.2, -0.15) is 0 Å². The number of hydrogen-bond acceptors (Lipinski definition) is 3. The molecule has 3 nitrogen and oxygen atoms in total. The molecule has 0 aromatic heterocycles. The zero-order chi connectivity index (χ0) is 32.1. The molecule has 43 heavy (non-hydrogen) atoms. The van der Waals surface area contributed by atoms with E-state index >= 15 is 0 Å². The Kier molecular flexibility index (Phi) is 11.3. The number of ether oxygens (including phenoxy) is 1. The molecule has 2 fully saturated rings. The van der Waals surface area contributed by atoms with Crippen molar-refractivity contribution in [2.24, 2.45) is 16.7 Å². The first-order valence-electron chi connectivity index (χ1n) is 15.8. The highest BCUT2D eigenvalue weighted by Gasteiger charge is 2.74. The molecule has 0 amide bonds. The van der Waals surface area contributed by atoms with E-state index < -0.39 is 0 Å². The first kappa shape index (κ1) is 34.8. The van der Waals surface area contributed by atoms with E-state index in [1.807, 2.05) is 6.08 Å². The molecule has 3 rings (SSSR count). The highest BCUT2D eigenvalue weighted by molar-refractivity contribution is 5.37. The van der Waals surface area contributed by atoms with E-state index in [2.05, 4.69) is 154 Å². The predicted octanol–water partition coefficient (Wildman–Crippen LogP) is 9.61. The summed E-state index contributed by atoms with van der Waals surface area (Å²) in [6.07, 6.45) is 33.5. The van der Waals surface area contributed by atoms with E-state index in [1.165, 1.54) is 27.9 Å². The Balaban J connectivity index is 1.49. The molecule has 3 aliphatic rings. The molecule has 0 bridgehead atoms. The number of epoxide rings is 1. The monoisotopic (exact) mass is 584 g/mol. The van der Waals surface area contributed by atoms with Crippen LogP contribution in [0.2, 0.25) is 0 Å². The van der Waals surface area contributed by atoms with E-state index in [0.29, 0.717) is 12.3 Å². The number of allylic oxidation sites excluding steroid dienone is 18. The van der Waals surface area contributed by atoms with Gasteiger partial charge in [0.1, 0.15) is 11.2 Å². The lowest BCUT2D eigenvalue weighted by molar-refractivity contribution is 0.0515. The van der Waals surface area contributed by atoms with E-state index in [4.69, 9.17) is 4.74 Å². The van der Waals surface area contributed by atoms with Crippen LogP contribution in [0.3, 0.4) is 0 Å². The van der Waals surface area contributed by atoms with Crippen LogP contribution in [0.15, 0.2) is 119 Å². The van der Waals surface area contributed by atoms with Crippen LogP contribution in [0.5, 0.6) is 0 Å². The Bertz CT molecular complexity index is 1320. The lowest BCUT2D eigenvalue weighted by Gasteiger charge is -2.39. The van der Waals surface area contributed by atoms with E-state index in [-0.39, 0.29) is 34.2 Å². The molecule has 5 atom stereocenters. The van der Waals surface area contributed by atoms with Crippen molar-refractivity contribution < 1.29 is 14.9 Å². The minimum Gasteiger partial charge on any atom is -0.393 e. The van der Waals surface area contributed by atoms with Crippen LogP contribution >= 0.6 is 0 Å². The van der Waals surface area contributed by atoms with Crippen molar-refractivity contribution in [1.29, 1.82) is 0 Å². The molecule has 1 heterocycles. The quantitative estimate of drug-likeness (QED) is 0.153. The van der Waals surface area contributed by atoms with Gasteiger partial charge < -0.3 is 14.9 Å². The summed E-state index contributed by atoms with van der Waals surface area (Å²) in [4.78, 5) is 0. The summed E-state index contributed by atoms with van der Waals surface area (Å²) in [6.45, 7) is 21.5. The van der Waals surface area contributed by atoms with E-state index in [9.17, 15) is 10.2 Å². The zero-order valence-electron chi connectivity index (χ0n) is 28.3. The molecule has 2 aliphatic carbocycles. The topological polar surface area (TPSA) is 53.0 Å². The number of hydrogen-bond donors (Lipinski definition) is 2. The van der Waals surface area contributed by atoms with Crippen molar-refractivity contribution in [3.63, 3.8) is 0 Å². The first-order valence-corrected chi connectivity index (χ1v) is 15.8. The van der Waals surface area contributed by atoms with Crippen LogP contribution in [0.1, 0.15) is 88.5 Å². The largest absolute Gasteiger partial charge is 0.393 e. The molecule has 1 aliphatic heterocycles. The van der Waals surface area contributed by atoms with Gasteiger partial charge in [0.05, 0.1) is 12.2 Å². The van der Waals surface area contributed by atoms with Crippen molar-refractivity contribution in [2.75, 3.05) is 0 Å². The van der Waals surface area contributed by atoms with Gasteiger partial charge in [-0.1, -0.05) is 141 Å². The molecule has 2 unspecified atom stereocenters. The third-order valence-corrected chi connectivity index (χ3v) is 9.43. The van der Waals surface area contributed by atoms with Gasteiger partial charge in [0.25, 0.3) is 0 Å². The molecular formula is C40H56O3. The highest BCUT2D eigenvalue weighted by Crippen LogP contribution is 2.66. The maximum Gasteiger partial charge on any atom is 0.121 e. The normalized spacial score (nSPS) is 33.8. The SMILES string of the molecule is CC1=C[C@H](O)CC(C)(C)[C@H]1/C=C/C(C)=C\C=C\C(C)=C\C=C\C=C(C)\C=C\C=C(C)/C=C/C12OC1(C)C[C@H](O)CC2(C)C. The fourth-order valence-corrected chi connectivity index (χ4v) is 7.07. The van der Waals surface area contributed by atoms with Gasteiger partial charge in [-0.25, -0.2) is 0 Å². The van der Waals surface area contributed by atoms with Crippen molar-refractivity contribution in [1.82, 2.24) is 0 Å². The van der Waals surface area contributed by atoms with Gasteiger partial charge in [0.2, 0.25) is 0 Å². The molecule has 0 spiro atoms. The summed E-state index contributed by atoms with van der Waals surface area (Å²) in [5.74, 6) is 0.345. The van der Waals surface area contributed by atoms with Gasteiger partial charge in [-0.05, 0) is 65.9 Å². The number of rotatable bonds is 10. The summed E-state index contributed by atoms with van der Waals surface area (Å²) in [5.41, 5.74) is 5.38. The molecule has 2 N–H and O–H groups in total. The molecule has 0 aromatic carbocycles. The average molecular weight is 585 g/mol. The highest BCUT2D eigenvalue weighted by atomic mass is 16.6. The van der Waals surface area contributed by atoms with Gasteiger partial charge in [-0.3, -0.25) is 0 Å². The number of fused-ring (bicyclic) bond motifs is 1. The summed E-state index contributed by atoms with van der Waals surface area (Å²) in [7, 11) is 0. The van der Waals surface area contributed by atoms with Crippen LogP contribution in [-0.2, 0) is 4.74 Å². The van der Waals surface area contributed by atoms with Gasteiger partial charge >= 0.3 is 0 Å². The molecule has 1 saturated heterocycles. The number of aliphatic hydroxyl groups excluding tert-OH is 2. The van der Waals surface area contributed by atoms with Crippen LogP contribution in [0.25, 0.3) is 0 Å². The fraction of sp³-hybridized carbons (Fsp3) is 0.500. The Morgan fingerprint density at radius 2 is 1.23 bits per heavy atom. The maximum atomic E-state index is 10.2. The van der Waals surface area contributed by atoms with Crippen molar-refractivity contribution in [2.45, 2.75) is 112 Å². The summed E-state index contributed by atoms with van der Waals surface area (Å²) in [6, 6.07) is 0. The van der Waals surface area contributed by atoms with E-state index in [1.54, 1.807) is 0 Å². The summed E-state index contributed by atoms with van der Waals surface area (Å²) >= 11 is 0. The third kappa shape index (κ3) is 8.91. The fourth-order valence-electron chi connectivity index (χ4n) is 7.07. The minimum atomic E-state index is -0.333. The Labute approximate surface area is 262 Å². The second-order valence-electron chi connectivity index (χ2n) is 14.6. The van der Waals surface area contributed by atoms with Crippen molar-refractivity contribution >= 4 is 0 Å². The Hall–Kier alpha value is -2.72. The van der Waals surface area contributed by atoms with Crippen LogP contribution in [0, 0.1) is 16.7 Å². The van der Waals surface area contributed by atoms with Crippen LogP contribution in [-0.4, -0.2) is 33.6 Å². The van der Waals surface area contributed by atoms with Crippen LogP contribution in [0.4, 0.5) is 0 Å². The van der Waals surface area contributed by atoms with Gasteiger partial charge in [0.15, 0.2) is 0 Å². The standard InChI is InChI=1S/C40H56O3/c1-29(17-13-19-31(3)21-22-36-33(5)25-34(41)26-37(36,6)7)15-11-12-16-30(2)18-14-20-32(4)23-24-40-38(8,9)27-35(42)28-39(40,10)43-40/h11-25,34-36,41-42H,26-28H2,1-10H3/b12-11+,17-13+,18-14+,22-21+,24-23+,29-15+,30-16+,31-19-,32-20-/t34-,35+,36-,39?,40?/m0/s1. The average Bonchev–Trinajstić information content (AvgIpc) is 3.49. The second-order valence-corrected chi connectivity index (χ2v) is 14.6. The molecular weight excluding hydrogens is 528 g/mol. The van der Waals surface area contributed by atoms with E-state index in [0.717, 1.165) is 12.8 Å². The first-order chi connectivity index (χ1) is 20.0. The predicted molar refractivity (Wildman–Crippen MR) is 184 cm³/mol. The lowest BCUT2D eigenvalue weighted by atomic mass is 9.63. The van der Waals surface area contributed by atoms with Crippen LogP contribution < -0.4 is 0 Å².